The molecular formula is C20H26N2O3. The molecule has 2 heterocycles. The summed E-state index contributed by atoms with van der Waals surface area (Å²) < 4.78 is 0. The molecule has 0 spiro atoms. The molecular weight excluding hydrogens is 316 g/mol. The molecule has 134 valence electrons. The molecule has 0 N–H and O–H groups in total. The first kappa shape index (κ1) is 17.6. The molecule has 0 aliphatic carbocycles. The monoisotopic (exact) mass is 342 g/mol. The first-order valence-electron chi connectivity index (χ1n) is 9.34. The summed E-state index contributed by atoms with van der Waals surface area (Å²) in [5.74, 6) is -0.570. The predicted molar refractivity (Wildman–Crippen MR) is 94.4 cm³/mol. The lowest BCUT2D eigenvalue weighted by molar-refractivity contribution is -0.167. The van der Waals surface area contributed by atoms with E-state index in [9.17, 15) is 14.4 Å². The van der Waals surface area contributed by atoms with Crippen LogP contribution in [0.25, 0.3) is 0 Å². The van der Waals surface area contributed by atoms with Crippen molar-refractivity contribution in [3.63, 3.8) is 0 Å². The molecule has 1 aromatic carbocycles. The maximum atomic E-state index is 13.0. The maximum absolute atomic E-state index is 13.0. The van der Waals surface area contributed by atoms with Crippen LogP contribution < -0.4 is 0 Å². The van der Waals surface area contributed by atoms with E-state index >= 15 is 0 Å². The number of piperidine rings is 1. The van der Waals surface area contributed by atoms with E-state index in [1.807, 2.05) is 18.2 Å². The third-order valence-corrected chi connectivity index (χ3v) is 5.25. The lowest BCUT2D eigenvalue weighted by Gasteiger charge is -2.39. The van der Waals surface area contributed by atoms with Gasteiger partial charge in [0.15, 0.2) is 0 Å². The van der Waals surface area contributed by atoms with Crippen LogP contribution in [0.5, 0.6) is 0 Å². The number of hydrazine groups is 1. The summed E-state index contributed by atoms with van der Waals surface area (Å²) in [6, 6.07) is 7.25. The van der Waals surface area contributed by atoms with Gasteiger partial charge in [-0.05, 0) is 30.4 Å². The minimum Gasteiger partial charge on any atom is -0.273 e. The summed E-state index contributed by atoms with van der Waals surface area (Å²) in [7, 11) is 0. The van der Waals surface area contributed by atoms with E-state index in [1.165, 1.54) is 5.01 Å². The van der Waals surface area contributed by atoms with Gasteiger partial charge in [0.2, 0.25) is 11.8 Å². The van der Waals surface area contributed by atoms with Crippen LogP contribution in [0.4, 0.5) is 0 Å². The first-order chi connectivity index (χ1) is 12.1. The van der Waals surface area contributed by atoms with E-state index in [1.54, 1.807) is 6.07 Å². The quantitative estimate of drug-likeness (QED) is 0.583. The molecule has 2 aliphatic rings. The van der Waals surface area contributed by atoms with Crippen LogP contribution in [0.15, 0.2) is 24.3 Å². The van der Waals surface area contributed by atoms with Gasteiger partial charge in [-0.25, -0.2) is 5.01 Å². The van der Waals surface area contributed by atoms with Crippen LogP contribution in [0.1, 0.15) is 80.8 Å². The second kappa shape index (κ2) is 7.38. The minimum absolute atomic E-state index is 0.182. The summed E-state index contributed by atoms with van der Waals surface area (Å²) in [5, 5.41) is 2.58. The summed E-state index contributed by atoms with van der Waals surface area (Å²) >= 11 is 0. The number of hydrogen-bond acceptors (Lipinski definition) is 3. The molecule has 2 atom stereocenters. The molecule has 5 heteroatoms. The van der Waals surface area contributed by atoms with Gasteiger partial charge in [-0.3, -0.25) is 14.4 Å². The number of fused-ring (bicyclic) bond motifs is 1. The zero-order chi connectivity index (χ0) is 18.0. The van der Waals surface area contributed by atoms with Crippen molar-refractivity contribution in [2.45, 2.75) is 64.8 Å². The number of carbonyl (C=O) groups is 3. The molecule has 3 amide bonds. The van der Waals surface area contributed by atoms with Crippen LogP contribution >= 0.6 is 0 Å². The fourth-order valence-corrected chi connectivity index (χ4v) is 3.95. The Labute approximate surface area is 149 Å². The SMILES string of the molecule is CCCCCC(C)C1c2ccccc2C(=O)N1N1C(=O)CCCC1=O. The van der Waals surface area contributed by atoms with Crippen molar-refractivity contribution >= 4 is 17.7 Å². The Kier molecular flexibility index (Phi) is 5.21. The Bertz CT molecular complexity index is 669. The molecule has 0 radical (unpaired) electrons. The lowest BCUT2D eigenvalue weighted by atomic mass is 9.90. The number of benzene rings is 1. The molecule has 0 saturated carbocycles. The number of unbranched alkanes of at least 4 members (excludes halogenated alkanes) is 2. The number of rotatable bonds is 6. The Morgan fingerprint density at radius 1 is 1.08 bits per heavy atom. The summed E-state index contributed by atoms with van der Waals surface area (Å²) in [4.78, 5) is 37.9. The van der Waals surface area contributed by atoms with Gasteiger partial charge in [0, 0.05) is 18.4 Å². The second-order valence-electron chi connectivity index (χ2n) is 7.11. The van der Waals surface area contributed by atoms with Gasteiger partial charge in [-0.2, -0.15) is 5.01 Å². The number of carbonyl (C=O) groups excluding carboxylic acids is 3. The van der Waals surface area contributed by atoms with Crippen LogP contribution in [0.2, 0.25) is 0 Å². The summed E-state index contributed by atoms with van der Waals surface area (Å²) in [6.45, 7) is 4.28. The zero-order valence-corrected chi connectivity index (χ0v) is 15.0. The highest BCUT2D eigenvalue weighted by molar-refractivity contribution is 6.05. The highest BCUT2D eigenvalue weighted by atomic mass is 16.2. The molecule has 3 rings (SSSR count). The van der Waals surface area contributed by atoms with E-state index < -0.39 is 0 Å². The molecule has 0 aromatic heterocycles. The smallest absolute Gasteiger partial charge is 0.273 e. The third kappa shape index (κ3) is 3.20. The van der Waals surface area contributed by atoms with Gasteiger partial charge >= 0.3 is 0 Å². The minimum atomic E-state index is -0.261. The fourth-order valence-electron chi connectivity index (χ4n) is 3.95. The average molecular weight is 342 g/mol. The molecule has 2 unspecified atom stereocenters. The van der Waals surface area contributed by atoms with Gasteiger partial charge < -0.3 is 0 Å². The highest BCUT2D eigenvalue weighted by Gasteiger charge is 2.46. The topological polar surface area (TPSA) is 57.7 Å². The third-order valence-electron chi connectivity index (χ3n) is 5.25. The van der Waals surface area contributed by atoms with Gasteiger partial charge in [0.1, 0.15) is 0 Å². The van der Waals surface area contributed by atoms with Crippen LogP contribution in [0, 0.1) is 5.92 Å². The van der Waals surface area contributed by atoms with Crippen LogP contribution in [0.3, 0.4) is 0 Å². The van der Waals surface area contributed by atoms with Gasteiger partial charge in [0.05, 0.1) is 6.04 Å². The summed E-state index contributed by atoms with van der Waals surface area (Å²) in [5.41, 5.74) is 1.55. The van der Waals surface area contributed by atoms with Crippen molar-refractivity contribution in [3.8, 4) is 0 Å². The molecule has 0 bridgehead atoms. The van der Waals surface area contributed by atoms with Gasteiger partial charge in [-0.15, -0.1) is 0 Å². The Morgan fingerprint density at radius 2 is 1.76 bits per heavy atom. The highest BCUT2D eigenvalue weighted by Crippen LogP contribution is 2.42. The maximum Gasteiger partial charge on any atom is 0.273 e. The second-order valence-corrected chi connectivity index (χ2v) is 7.11. The molecule has 1 aromatic rings. The largest absolute Gasteiger partial charge is 0.273 e. The van der Waals surface area contributed by atoms with E-state index in [-0.39, 0.29) is 29.7 Å². The van der Waals surface area contributed by atoms with Crippen molar-refractivity contribution in [2.75, 3.05) is 0 Å². The van der Waals surface area contributed by atoms with E-state index in [0.717, 1.165) is 36.3 Å². The van der Waals surface area contributed by atoms with Crippen LogP contribution in [-0.4, -0.2) is 27.7 Å². The van der Waals surface area contributed by atoms with Crippen LogP contribution in [-0.2, 0) is 9.59 Å². The number of imide groups is 1. The van der Waals surface area contributed by atoms with E-state index in [0.29, 0.717) is 24.8 Å². The standard InChI is InChI=1S/C20H26N2O3/c1-3-4-5-9-14(2)19-15-10-6-7-11-16(15)20(25)22(19)21-17(23)12-8-13-18(21)24/h6-7,10-11,14,19H,3-5,8-9,12-13H2,1-2H3. The molecule has 1 saturated heterocycles. The zero-order valence-electron chi connectivity index (χ0n) is 15.0. The lowest BCUT2D eigenvalue weighted by Crippen LogP contribution is -2.54. The number of nitrogens with zero attached hydrogens (tertiary/aromatic N) is 2. The normalized spacial score (nSPS) is 21.7. The van der Waals surface area contributed by atoms with Crippen molar-refractivity contribution in [1.82, 2.24) is 10.0 Å². The average Bonchev–Trinajstić information content (AvgIpc) is 2.88. The van der Waals surface area contributed by atoms with Gasteiger partial charge in [0.25, 0.3) is 5.91 Å². The number of amides is 3. The van der Waals surface area contributed by atoms with Crippen molar-refractivity contribution < 1.29 is 14.4 Å². The Balaban J connectivity index is 1.95. The number of hydrogen-bond donors (Lipinski definition) is 0. The van der Waals surface area contributed by atoms with Crippen molar-refractivity contribution in [1.29, 1.82) is 0 Å². The first-order valence-corrected chi connectivity index (χ1v) is 9.34. The van der Waals surface area contributed by atoms with E-state index in [4.69, 9.17) is 0 Å². The molecule has 1 fully saturated rings. The van der Waals surface area contributed by atoms with E-state index in [2.05, 4.69) is 13.8 Å². The molecule has 5 nitrogen and oxygen atoms in total. The fraction of sp³-hybridized carbons (Fsp3) is 0.550. The Hall–Kier alpha value is -2.17. The predicted octanol–water partition coefficient (Wildman–Crippen LogP) is 3.85. The van der Waals surface area contributed by atoms with Gasteiger partial charge in [-0.1, -0.05) is 51.3 Å². The molecule has 2 aliphatic heterocycles. The summed E-state index contributed by atoms with van der Waals surface area (Å²) in [6.07, 6.45) is 5.55. The van der Waals surface area contributed by atoms with Crippen molar-refractivity contribution in [2.24, 2.45) is 5.92 Å². The van der Waals surface area contributed by atoms with Crippen molar-refractivity contribution in [3.05, 3.63) is 35.4 Å². The Morgan fingerprint density at radius 3 is 2.44 bits per heavy atom. The molecule has 25 heavy (non-hydrogen) atoms.